The maximum atomic E-state index is 12.1. The highest BCUT2D eigenvalue weighted by Gasteiger charge is 2.25. The molecule has 1 N–H and O–H groups in total. The van der Waals surface area contributed by atoms with E-state index in [1.54, 1.807) is 6.92 Å². The Morgan fingerprint density at radius 1 is 1.50 bits per heavy atom. The predicted octanol–water partition coefficient (Wildman–Crippen LogP) is 1.20. The van der Waals surface area contributed by atoms with Crippen molar-refractivity contribution in [1.82, 2.24) is 9.29 Å². The van der Waals surface area contributed by atoms with E-state index >= 15 is 0 Å². The first-order valence-electron chi connectivity index (χ1n) is 5.48. The average Bonchev–Trinajstić information content (AvgIpc) is 2.36. The van der Waals surface area contributed by atoms with Crippen LogP contribution in [0, 0.1) is 0 Å². The molecule has 1 heterocycles. The molecule has 0 spiro atoms. The van der Waals surface area contributed by atoms with Gasteiger partial charge in [0.1, 0.15) is 0 Å². The molecule has 0 saturated carbocycles. The lowest BCUT2D eigenvalue weighted by Gasteiger charge is -2.22. The molecule has 0 fully saturated rings. The number of carbonyl (C=O) groups is 1. The molecule has 0 aliphatic rings. The van der Waals surface area contributed by atoms with E-state index in [4.69, 9.17) is 5.11 Å². The fraction of sp³-hybridized carbons (Fsp3) is 0.455. The number of pyridine rings is 1. The zero-order chi connectivity index (χ0) is 13.9. The predicted molar refractivity (Wildman–Crippen MR) is 65.9 cm³/mol. The Kier molecular flexibility index (Phi) is 4.42. The number of sulfonamides is 1. The van der Waals surface area contributed by atoms with Crippen molar-refractivity contribution < 1.29 is 18.3 Å². The Morgan fingerprint density at radius 3 is 2.50 bits per heavy atom. The summed E-state index contributed by atoms with van der Waals surface area (Å²) in [5, 5.41) is 8.57. The van der Waals surface area contributed by atoms with E-state index in [0.717, 1.165) is 6.20 Å². The maximum absolute atomic E-state index is 12.1. The fourth-order valence-electron chi connectivity index (χ4n) is 1.30. The highest BCUT2D eigenvalue weighted by molar-refractivity contribution is 7.89. The fourth-order valence-corrected chi connectivity index (χ4v) is 2.64. The summed E-state index contributed by atoms with van der Waals surface area (Å²) in [5.74, 6) is -1.14. The van der Waals surface area contributed by atoms with Crippen LogP contribution in [0.3, 0.4) is 0 Å². The normalized spacial score (nSPS) is 13.6. The molecule has 1 unspecified atom stereocenters. The van der Waals surface area contributed by atoms with Crippen LogP contribution in [0.15, 0.2) is 23.4 Å². The minimum atomic E-state index is -3.66. The van der Waals surface area contributed by atoms with Crippen molar-refractivity contribution in [2.24, 2.45) is 0 Å². The first kappa shape index (κ1) is 14.6. The third kappa shape index (κ3) is 2.85. The van der Waals surface area contributed by atoms with Crippen LogP contribution in [0.25, 0.3) is 0 Å². The summed E-state index contributed by atoms with van der Waals surface area (Å²) in [6.07, 6.45) is 1.72. The Labute approximate surface area is 106 Å². The Balaban J connectivity index is 3.09. The second kappa shape index (κ2) is 5.45. The van der Waals surface area contributed by atoms with Crippen molar-refractivity contribution in [2.45, 2.75) is 31.3 Å². The smallest absolute Gasteiger partial charge is 0.337 e. The number of hydrogen-bond donors (Lipinski definition) is 1. The van der Waals surface area contributed by atoms with Gasteiger partial charge in [-0.1, -0.05) is 6.92 Å². The van der Waals surface area contributed by atoms with Gasteiger partial charge in [0.05, 0.1) is 5.56 Å². The van der Waals surface area contributed by atoms with Crippen molar-refractivity contribution in [3.05, 3.63) is 23.9 Å². The lowest BCUT2D eigenvalue weighted by Crippen LogP contribution is -2.35. The molecule has 1 rings (SSSR count). The van der Waals surface area contributed by atoms with Crippen molar-refractivity contribution in [3.63, 3.8) is 0 Å². The van der Waals surface area contributed by atoms with Crippen LogP contribution < -0.4 is 0 Å². The molecule has 7 heteroatoms. The third-order valence-electron chi connectivity index (χ3n) is 2.84. The number of carboxylic acids is 1. The SMILES string of the molecule is CCC(C)N(C)S(=O)(=O)c1ccc(C(=O)O)cn1. The molecule has 0 aromatic carbocycles. The van der Waals surface area contributed by atoms with Gasteiger partial charge >= 0.3 is 5.97 Å². The topological polar surface area (TPSA) is 87.6 Å². The number of nitrogens with zero attached hydrogens (tertiary/aromatic N) is 2. The first-order chi connectivity index (χ1) is 8.30. The molecule has 0 aliphatic heterocycles. The molecule has 1 aromatic heterocycles. The standard InChI is InChI=1S/C11H16N2O4S/c1-4-8(2)13(3)18(16,17)10-6-5-9(7-12-10)11(14)15/h5-8H,4H2,1-3H3,(H,14,15). The second-order valence-electron chi connectivity index (χ2n) is 3.97. The number of carboxylic acid groups (broad SMARTS) is 1. The number of hydrogen-bond acceptors (Lipinski definition) is 4. The van der Waals surface area contributed by atoms with E-state index in [-0.39, 0.29) is 16.6 Å². The van der Waals surface area contributed by atoms with Crippen molar-refractivity contribution >= 4 is 16.0 Å². The van der Waals surface area contributed by atoms with E-state index in [2.05, 4.69) is 4.98 Å². The summed E-state index contributed by atoms with van der Waals surface area (Å²) in [5.41, 5.74) is -0.0415. The van der Waals surface area contributed by atoms with E-state index in [9.17, 15) is 13.2 Å². The van der Waals surface area contributed by atoms with Crippen LogP contribution >= 0.6 is 0 Å². The van der Waals surface area contributed by atoms with Gasteiger partial charge in [0.25, 0.3) is 10.0 Å². The molecule has 100 valence electrons. The Bertz CT molecular complexity index is 524. The summed E-state index contributed by atoms with van der Waals surface area (Å²) in [6.45, 7) is 3.68. The summed E-state index contributed by atoms with van der Waals surface area (Å²) >= 11 is 0. The van der Waals surface area contributed by atoms with Crippen LogP contribution in [-0.4, -0.2) is 41.9 Å². The second-order valence-corrected chi connectivity index (χ2v) is 5.91. The molecule has 18 heavy (non-hydrogen) atoms. The van der Waals surface area contributed by atoms with Gasteiger partial charge in [-0.05, 0) is 25.5 Å². The molecular formula is C11H16N2O4S. The van der Waals surface area contributed by atoms with Gasteiger partial charge < -0.3 is 5.11 Å². The Hall–Kier alpha value is -1.47. The summed E-state index contributed by atoms with van der Waals surface area (Å²) in [4.78, 5) is 14.3. The van der Waals surface area contributed by atoms with Gasteiger partial charge in [0.15, 0.2) is 5.03 Å². The molecule has 1 atom stereocenters. The van der Waals surface area contributed by atoms with E-state index in [1.165, 1.54) is 23.5 Å². The van der Waals surface area contributed by atoms with E-state index in [0.29, 0.717) is 6.42 Å². The van der Waals surface area contributed by atoms with Gasteiger partial charge in [-0.15, -0.1) is 0 Å². The van der Waals surface area contributed by atoms with Crippen LogP contribution in [0.1, 0.15) is 30.6 Å². The molecule has 6 nitrogen and oxygen atoms in total. The van der Waals surface area contributed by atoms with Crippen LogP contribution in [-0.2, 0) is 10.0 Å². The molecule has 0 saturated heterocycles. The quantitative estimate of drug-likeness (QED) is 0.870. The molecule has 0 radical (unpaired) electrons. The van der Waals surface area contributed by atoms with Crippen LogP contribution in [0.5, 0.6) is 0 Å². The zero-order valence-electron chi connectivity index (χ0n) is 10.5. The molecular weight excluding hydrogens is 256 g/mol. The van der Waals surface area contributed by atoms with Crippen molar-refractivity contribution in [1.29, 1.82) is 0 Å². The first-order valence-corrected chi connectivity index (χ1v) is 6.92. The monoisotopic (exact) mass is 272 g/mol. The zero-order valence-corrected chi connectivity index (χ0v) is 11.3. The van der Waals surface area contributed by atoms with E-state index in [1.807, 2.05) is 6.92 Å². The number of aromatic nitrogens is 1. The minimum Gasteiger partial charge on any atom is -0.478 e. The van der Waals surface area contributed by atoms with Gasteiger partial charge in [-0.2, -0.15) is 4.31 Å². The highest BCUT2D eigenvalue weighted by Crippen LogP contribution is 2.15. The molecule has 1 aromatic rings. The summed E-state index contributed by atoms with van der Waals surface area (Å²) < 4.78 is 25.5. The Morgan fingerprint density at radius 2 is 2.11 bits per heavy atom. The molecule has 0 aliphatic carbocycles. The van der Waals surface area contributed by atoms with Gasteiger partial charge in [-0.25, -0.2) is 18.2 Å². The van der Waals surface area contributed by atoms with E-state index < -0.39 is 16.0 Å². The third-order valence-corrected chi connectivity index (χ3v) is 4.73. The van der Waals surface area contributed by atoms with Gasteiger partial charge in [0.2, 0.25) is 0 Å². The minimum absolute atomic E-state index is 0.0415. The summed E-state index contributed by atoms with van der Waals surface area (Å²) in [7, 11) is -2.18. The van der Waals surface area contributed by atoms with Gasteiger partial charge in [0, 0.05) is 19.3 Å². The largest absolute Gasteiger partial charge is 0.478 e. The summed E-state index contributed by atoms with van der Waals surface area (Å²) in [6, 6.07) is 2.29. The van der Waals surface area contributed by atoms with Crippen molar-refractivity contribution in [3.8, 4) is 0 Å². The van der Waals surface area contributed by atoms with Gasteiger partial charge in [-0.3, -0.25) is 0 Å². The highest BCUT2D eigenvalue weighted by atomic mass is 32.2. The van der Waals surface area contributed by atoms with Crippen LogP contribution in [0.2, 0.25) is 0 Å². The van der Waals surface area contributed by atoms with Crippen molar-refractivity contribution in [2.75, 3.05) is 7.05 Å². The molecule has 0 bridgehead atoms. The maximum Gasteiger partial charge on any atom is 0.337 e. The van der Waals surface area contributed by atoms with Crippen LogP contribution in [0.4, 0.5) is 0 Å². The number of rotatable bonds is 5. The lowest BCUT2D eigenvalue weighted by molar-refractivity contribution is 0.0696. The average molecular weight is 272 g/mol. The molecule has 0 amide bonds. The lowest BCUT2D eigenvalue weighted by atomic mass is 10.3. The number of aromatic carboxylic acids is 1.